The van der Waals surface area contributed by atoms with Crippen LogP contribution in [0.5, 0.6) is 11.5 Å². The molecule has 0 saturated carbocycles. The van der Waals surface area contributed by atoms with Crippen LogP contribution in [0, 0.1) is 0 Å². The molecular formula is C18H22N2O4S. The topological polar surface area (TPSA) is 76.7 Å². The van der Waals surface area contributed by atoms with Crippen molar-refractivity contribution in [3.63, 3.8) is 0 Å². The maximum absolute atomic E-state index is 11.9. The van der Waals surface area contributed by atoms with Gasteiger partial charge in [0, 0.05) is 24.0 Å². The molecule has 2 N–H and O–H groups in total. The van der Waals surface area contributed by atoms with Gasteiger partial charge < -0.3 is 14.8 Å². The molecule has 0 radical (unpaired) electrons. The van der Waals surface area contributed by atoms with Gasteiger partial charge in [0.05, 0.1) is 5.25 Å². The van der Waals surface area contributed by atoms with Crippen molar-refractivity contribution < 1.29 is 17.9 Å². The summed E-state index contributed by atoms with van der Waals surface area (Å²) in [6.07, 6.45) is 0. The summed E-state index contributed by atoms with van der Waals surface area (Å²) in [7, 11) is -3.32. The van der Waals surface area contributed by atoms with Crippen LogP contribution in [0.25, 0.3) is 0 Å². The lowest BCUT2D eigenvalue weighted by Crippen LogP contribution is -2.22. The molecule has 6 nitrogen and oxygen atoms in total. The van der Waals surface area contributed by atoms with Gasteiger partial charge in [-0.2, -0.15) is 0 Å². The van der Waals surface area contributed by atoms with Crippen LogP contribution in [0.2, 0.25) is 0 Å². The van der Waals surface area contributed by atoms with Crippen molar-refractivity contribution in [2.24, 2.45) is 0 Å². The molecule has 1 aliphatic rings. The molecule has 3 rings (SSSR count). The van der Waals surface area contributed by atoms with E-state index in [1.807, 2.05) is 30.3 Å². The molecule has 0 fully saturated rings. The van der Waals surface area contributed by atoms with Gasteiger partial charge in [0.15, 0.2) is 11.5 Å². The Bertz CT molecular complexity index is 833. The fraction of sp³-hybridized carbons (Fsp3) is 0.333. The lowest BCUT2D eigenvalue weighted by molar-refractivity contribution is 0.171. The molecule has 1 heterocycles. The number of anilines is 2. The molecule has 0 spiro atoms. The van der Waals surface area contributed by atoms with Gasteiger partial charge in [0.25, 0.3) is 0 Å². The van der Waals surface area contributed by atoms with Gasteiger partial charge in [-0.15, -0.1) is 0 Å². The maximum Gasteiger partial charge on any atom is 0.235 e. The van der Waals surface area contributed by atoms with Crippen LogP contribution < -0.4 is 19.5 Å². The highest BCUT2D eigenvalue weighted by Crippen LogP contribution is 2.32. The van der Waals surface area contributed by atoms with Crippen molar-refractivity contribution >= 4 is 21.4 Å². The van der Waals surface area contributed by atoms with Crippen LogP contribution in [0.1, 0.15) is 19.4 Å². The van der Waals surface area contributed by atoms with Crippen LogP contribution in [0.3, 0.4) is 0 Å². The largest absolute Gasteiger partial charge is 0.486 e. The summed E-state index contributed by atoms with van der Waals surface area (Å²) in [5, 5.41) is 2.85. The van der Waals surface area contributed by atoms with Crippen molar-refractivity contribution in [3.05, 3.63) is 48.0 Å². The minimum absolute atomic E-state index is 0.468. The molecule has 7 heteroatoms. The Morgan fingerprint density at radius 3 is 2.28 bits per heavy atom. The third kappa shape index (κ3) is 4.36. The van der Waals surface area contributed by atoms with E-state index in [2.05, 4.69) is 10.0 Å². The van der Waals surface area contributed by atoms with E-state index >= 15 is 0 Å². The zero-order valence-electron chi connectivity index (χ0n) is 14.3. The molecule has 0 bridgehead atoms. The third-order valence-corrected chi connectivity index (χ3v) is 5.63. The molecule has 0 unspecified atom stereocenters. The molecule has 2 aromatic rings. The first-order valence-electron chi connectivity index (χ1n) is 8.18. The number of ether oxygens (including phenoxy) is 2. The molecule has 0 amide bonds. The van der Waals surface area contributed by atoms with E-state index in [9.17, 15) is 8.42 Å². The molecule has 1 aliphatic heterocycles. The van der Waals surface area contributed by atoms with E-state index in [0.29, 0.717) is 25.4 Å². The van der Waals surface area contributed by atoms with Gasteiger partial charge in [-0.3, -0.25) is 4.72 Å². The predicted molar refractivity (Wildman–Crippen MR) is 98.9 cm³/mol. The van der Waals surface area contributed by atoms with E-state index in [1.165, 1.54) is 0 Å². The zero-order chi connectivity index (χ0) is 17.9. The Morgan fingerprint density at radius 1 is 0.960 bits per heavy atom. The summed E-state index contributed by atoms with van der Waals surface area (Å²) in [6.45, 7) is 5.05. The number of rotatable bonds is 6. The predicted octanol–water partition coefficient (Wildman–Crippen LogP) is 3.22. The van der Waals surface area contributed by atoms with Crippen molar-refractivity contribution in [1.29, 1.82) is 0 Å². The second-order valence-electron chi connectivity index (χ2n) is 6.10. The molecule has 2 aromatic carbocycles. The highest BCUT2D eigenvalue weighted by molar-refractivity contribution is 7.93. The lowest BCUT2D eigenvalue weighted by atomic mass is 10.2. The highest BCUT2D eigenvalue weighted by atomic mass is 32.2. The van der Waals surface area contributed by atoms with Gasteiger partial charge in [-0.05, 0) is 43.7 Å². The molecule has 0 saturated heterocycles. The summed E-state index contributed by atoms with van der Waals surface area (Å²) in [5.74, 6) is 1.51. The fourth-order valence-electron chi connectivity index (χ4n) is 2.33. The maximum atomic E-state index is 11.9. The van der Waals surface area contributed by atoms with E-state index in [0.717, 1.165) is 22.7 Å². The third-order valence-electron chi connectivity index (χ3n) is 3.87. The Balaban J connectivity index is 1.60. The Kier molecular flexibility index (Phi) is 5.03. The van der Waals surface area contributed by atoms with Crippen molar-refractivity contribution in [1.82, 2.24) is 0 Å². The normalized spacial score (nSPS) is 13.6. The SMILES string of the molecule is CC(C)S(=O)(=O)Nc1ccc(CNc2ccc3c(c2)OCCO3)cc1. The highest BCUT2D eigenvalue weighted by Gasteiger charge is 2.15. The number of fused-ring (bicyclic) bond motifs is 1. The Labute approximate surface area is 148 Å². The fourth-order valence-corrected chi connectivity index (χ4v) is 3.03. The van der Waals surface area contributed by atoms with Gasteiger partial charge in [-0.25, -0.2) is 8.42 Å². The van der Waals surface area contributed by atoms with E-state index in [4.69, 9.17) is 9.47 Å². The number of benzene rings is 2. The Morgan fingerprint density at radius 2 is 1.60 bits per heavy atom. The Hall–Kier alpha value is -2.41. The number of hydrogen-bond acceptors (Lipinski definition) is 5. The molecule has 134 valence electrons. The number of hydrogen-bond donors (Lipinski definition) is 2. The van der Waals surface area contributed by atoms with Crippen molar-refractivity contribution in [2.75, 3.05) is 23.3 Å². The lowest BCUT2D eigenvalue weighted by Gasteiger charge is -2.19. The average Bonchev–Trinajstić information content (AvgIpc) is 2.60. The quantitative estimate of drug-likeness (QED) is 0.825. The van der Waals surface area contributed by atoms with Gasteiger partial charge >= 0.3 is 0 Å². The minimum atomic E-state index is -3.32. The van der Waals surface area contributed by atoms with Crippen molar-refractivity contribution in [2.45, 2.75) is 25.6 Å². The van der Waals surface area contributed by atoms with E-state index in [-0.39, 0.29) is 0 Å². The first-order valence-corrected chi connectivity index (χ1v) is 9.73. The second-order valence-corrected chi connectivity index (χ2v) is 8.34. The molecule has 25 heavy (non-hydrogen) atoms. The summed E-state index contributed by atoms with van der Waals surface area (Å²) in [5.41, 5.74) is 2.55. The second kappa shape index (κ2) is 7.23. The zero-order valence-corrected chi connectivity index (χ0v) is 15.1. The van der Waals surface area contributed by atoms with Gasteiger partial charge in [0.1, 0.15) is 13.2 Å². The number of sulfonamides is 1. The van der Waals surface area contributed by atoms with Gasteiger partial charge in [-0.1, -0.05) is 12.1 Å². The monoisotopic (exact) mass is 362 g/mol. The minimum Gasteiger partial charge on any atom is -0.486 e. The van der Waals surface area contributed by atoms with E-state index < -0.39 is 15.3 Å². The molecule has 0 aliphatic carbocycles. The number of nitrogens with one attached hydrogen (secondary N) is 2. The first-order chi connectivity index (χ1) is 11.9. The van der Waals surface area contributed by atoms with E-state index in [1.54, 1.807) is 26.0 Å². The summed E-state index contributed by atoms with van der Waals surface area (Å²) in [4.78, 5) is 0. The van der Waals surface area contributed by atoms with Crippen LogP contribution >= 0.6 is 0 Å². The standard InChI is InChI=1S/C18H22N2O4S/c1-13(2)25(21,22)20-15-5-3-14(4-6-15)12-19-16-7-8-17-18(11-16)24-10-9-23-17/h3-8,11,13,19-20H,9-10,12H2,1-2H3. The van der Waals surface area contributed by atoms with Crippen LogP contribution in [-0.2, 0) is 16.6 Å². The smallest absolute Gasteiger partial charge is 0.235 e. The van der Waals surface area contributed by atoms with Crippen LogP contribution in [-0.4, -0.2) is 26.9 Å². The average molecular weight is 362 g/mol. The molecule has 0 aromatic heterocycles. The summed E-state index contributed by atoms with van der Waals surface area (Å²) < 4.78 is 37.4. The van der Waals surface area contributed by atoms with Crippen LogP contribution in [0.4, 0.5) is 11.4 Å². The summed E-state index contributed by atoms with van der Waals surface area (Å²) in [6, 6.07) is 13.1. The van der Waals surface area contributed by atoms with Crippen LogP contribution in [0.15, 0.2) is 42.5 Å². The molecular weight excluding hydrogens is 340 g/mol. The van der Waals surface area contributed by atoms with Crippen molar-refractivity contribution in [3.8, 4) is 11.5 Å². The molecule has 0 atom stereocenters. The summed E-state index contributed by atoms with van der Waals surface area (Å²) >= 11 is 0. The van der Waals surface area contributed by atoms with Gasteiger partial charge in [0.2, 0.25) is 10.0 Å². The first kappa shape index (κ1) is 17.4.